The van der Waals surface area contributed by atoms with E-state index in [1.54, 1.807) is 49.8 Å². The number of nitrogens with zero attached hydrogens (tertiary/aromatic N) is 2. The number of fused-ring (bicyclic) bond motifs is 2. The Morgan fingerprint density at radius 2 is 1.72 bits per heavy atom. The Hall–Kier alpha value is -5.48. The van der Waals surface area contributed by atoms with Gasteiger partial charge in [-0.1, -0.05) is 72.0 Å². The van der Waals surface area contributed by atoms with Gasteiger partial charge in [-0.15, -0.1) is 0 Å². The fourth-order valence-corrected chi connectivity index (χ4v) is 6.61. The number of rotatable bonds is 9. The third kappa shape index (κ3) is 5.70. The summed E-state index contributed by atoms with van der Waals surface area (Å²) in [4.78, 5) is 44.2. The van der Waals surface area contributed by atoms with E-state index < -0.39 is 18.0 Å². The smallest absolute Gasteiger partial charge is 0.338 e. The molecule has 0 spiro atoms. The van der Waals surface area contributed by atoms with Crippen LogP contribution < -0.4 is 24.4 Å². The van der Waals surface area contributed by atoms with Crippen LogP contribution in [0.3, 0.4) is 0 Å². The van der Waals surface area contributed by atoms with E-state index in [4.69, 9.17) is 19.2 Å². The standard InChI is InChI=1S/C36H30N2O7S/c1-4-44-35(42)30-21(2)37-36-38(32(30)31-26-11-7-5-9-23(26)17-18-28(31)43-3)33(39)29(46-36)19-25-10-6-8-12-27(25)45-20-22-13-15-24(16-14-22)34(40)41/h5-19,32H,4,20H2,1-3H3,(H,40,41)/b29-19-/t32-/m1/s1. The first-order chi connectivity index (χ1) is 22.3. The van der Waals surface area contributed by atoms with Gasteiger partial charge >= 0.3 is 11.9 Å². The van der Waals surface area contributed by atoms with Crippen LogP contribution in [0.1, 0.15) is 46.9 Å². The molecule has 46 heavy (non-hydrogen) atoms. The molecule has 4 aromatic carbocycles. The third-order valence-electron chi connectivity index (χ3n) is 7.74. The molecule has 0 saturated heterocycles. The molecule has 5 aromatic rings. The number of allylic oxidation sites excluding steroid dienone is 1. The number of para-hydroxylation sites is 1. The molecule has 1 atom stereocenters. The third-order valence-corrected chi connectivity index (χ3v) is 8.72. The zero-order chi connectivity index (χ0) is 32.4. The van der Waals surface area contributed by atoms with Crippen LogP contribution in [0.2, 0.25) is 0 Å². The Kier molecular flexibility index (Phi) is 8.54. The van der Waals surface area contributed by atoms with Crippen molar-refractivity contribution < 1.29 is 28.9 Å². The first-order valence-electron chi connectivity index (χ1n) is 14.6. The number of carboxylic acids is 1. The van der Waals surface area contributed by atoms with Gasteiger partial charge in [-0.05, 0) is 60.5 Å². The van der Waals surface area contributed by atoms with E-state index >= 15 is 0 Å². The molecule has 0 aliphatic carbocycles. The molecule has 0 fully saturated rings. The molecule has 0 saturated carbocycles. The Morgan fingerprint density at radius 1 is 0.978 bits per heavy atom. The lowest BCUT2D eigenvalue weighted by Gasteiger charge is -2.27. The van der Waals surface area contributed by atoms with E-state index in [0.717, 1.165) is 16.3 Å². The second-order valence-corrected chi connectivity index (χ2v) is 11.5. The summed E-state index contributed by atoms with van der Waals surface area (Å²) in [7, 11) is 1.56. The SMILES string of the molecule is CCOC(=O)C1=C(C)N=c2s/c(=C\c3ccccc3OCc3ccc(C(=O)O)cc3)c(=O)n2[C@H]1c1c(OC)ccc2ccccc12. The van der Waals surface area contributed by atoms with E-state index in [1.807, 2.05) is 54.6 Å². The molecular weight excluding hydrogens is 604 g/mol. The van der Waals surface area contributed by atoms with Crippen LogP contribution in [0, 0.1) is 0 Å². The maximum Gasteiger partial charge on any atom is 0.338 e. The van der Waals surface area contributed by atoms with Crippen molar-refractivity contribution in [2.45, 2.75) is 26.5 Å². The molecule has 1 N–H and O–H groups in total. The number of carbonyl (C=O) groups is 2. The minimum absolute atomic E-state index is 0.167. The zero-order valence-electron chi connectivity index (χ0n) is 25.4. The van der Waals surface area contributed by atoms with Gasteiger partial charge < -0.3 is 19.3 Å². The zero-order valence-corrected chi connectivity index (χ0v) is 26.2. The number of thiazole rings is 1. The average Bonchev–Trinajstić information content (AvgIpc) is 3.37. The summed E-state index contributed by atoms with van der Waals surface area (Å²) in [6.07, 6.45) is 1.76. The van der Waals surface area contributed by atoms with Gasteiger partial charge in [-0.2, -0.15) is 0 Å². The number of benzene rings is 4. The van der Waals surface area contributed by atoms with Crippen LogP contribution >= 0.6 is 11.3 Å². The van der Waals surface area contributed by atoms with Gasteiger partial charge in [-0.25, -0.2) is 14.6 Å². The van der Waals surface area contributed by atoms with Crippen LogP contribution in [0.15, 0.2) is 106 Å². The minimum Gasteiger partial charge on any atom is -0.496 e. The molecule has 0 bridgehead atoms. The first-order valence-corrected chi connectivity index (χ1v) is 15.4. The number of aromatic nitrogens is 1. The van der Waals surface area contributed by atoms with Gasteiger partial charge in [0.15, 0.2) is 4.80 Å². The van der Waals surface area contributed by atoms with E-state index in [2.05, 4.69) is 0 Å². The summed E-state index contributed by atoms with van der Waals surface area (Å²) in [5.41, 5.74) is 2.75. The maximum atomic E-state index is 14.3. The lowest BCUT2D eigenvalue weighted by molar-refractivity contribution is -0.139. The molecule has 2 heterocycles. The number of hydrogen-bond acceptors (Lipinski definition) is 8. The predicted molar refractivity (Wildman–Crippen MR) is 175 cm³/mol. The van der Waals surface area contributed by atoms with Gasteiger partial charge in [0.05, 0.1) is 35.1 Å². The summed E-state index contributed by atoms with van der Waals surface area (Å²) < 4.78 is 19.4. The molecule has 232 valence electrons. The number of aromatic carboxylic acids is 1. The second-order valence-electron chi connectivity index (χ2n) is 10.5. The Morgan fingerprint density at radius 3 is 2.46 bits per heavy atom. The molecule has 1 aromatic heterocycles. The number of methoxy groups -OCH3 is 1. The quantitative estimate of drug-likeness (QED) is 0.221. The summed E-state index contributed by atoms with van der Waals surface area (Å²) in [6.45, 7) is 3.86. The fourth-order valence-electron chi connectivity index (χ4n) is 5.58. The predicted octanol–water partition coefficient (Wildman–Crippen LogP) is 5.24. The van der Waals surface area contributed by atoms with Crippen LogP contribution in [-0.4, -0.2) is 35.3 Å². The molecular formula is C36H30N2O7S. The van der Waals surface area contributed by atoms with Crippen molar-refractivity contribution in [2.24, 2.45) is 4.99 Å². The average molecular weight is 635 g/mol. The van der Waals surface area contributed by atoms with Crippen molar-refractivity contribution in [3.63, 3.8) is 0 Å². The molecule has 0 amide bonds. The Labute approximate surface area is 267 Å². The highest BCUT2D eigenvalue weighted by molar-refractivity contribution is 7.07. The molecule has 0 radical (unpaired) electrons. The Balaban J connectivity index is 1.48. The molecule has 1 aliphatic rings. The lowest BCUT2D eigenvalue weighted by Crippen LogP contribution is -2.40. The monoisotopic (exact) mass is 634 g/mol. The van der Waals surface area contributed by atoms with Crippen LogP contribution in [0.4, 0.5) is 0 Å². The highest BCUT2D eigenvalue weighted by atomic mass is 32.1. The molecule has 6 rings (SSSR count). The molecule has 10 heteroatoms. The van der Waals surface area contributed by atoms with Crippen molar-refractivity contribution in [1.82, 2.24) is 4.57 Å². The highest BCUT2D eigenvalue weighted by Crippen LogP contribution is 2.40. The number of carbonyl (C=O) groups excluding carboxylic acids is 1. The number of carboxylic acid groups (broad SMARTS) is 1. The summed E-state index contributed by atoms with van der Waals surface area (Å²) in [6, 6.07) is 24.5. The highest BCUT2D eigenvalue weighted by Gasteiger charge is 2.36. The van der Waals surface area contributed by atoms with E-state index in [1.165, 1.54) is 23.5 Å². The Bertz CT molecular complexity index is 2200. The maximum absolute atomic E-state index is 14.3. The van der Waals surface area contributed by atoms with E-state index in [9.17, 15) is 19.5 Å². The fraction of sp³-hybridized carbons (Fsp3) is 0.167. The van der Waals surface area contributed by atoms with E-state index in [0.29, 0.717) is 37.7 Å². The van der Waals surface area contributed by atoms with Crippen LogP contribution in [-0.2, 0) is 16.1 Å². The van der Waals surface area contributed by atoms with Crippen molar-refractivity contribution in [1.29, 1.82) is 0 Å². The van der Waals surface area contributed by atoms with Crippen molar-refractivity contribution in [3.8, 4) is 11.5 Å². The van der Waals surface area contributed by atoms with Crippen LogP contribution in [0.25, 0.3) is 16.8 Å². The summed E-state index contributed by atoms with van der Waals surface area (Å²) in [5, 5.41) is 11.0. The van der Waals surface area contributed by atoms with Gasteiger partial charge in [0.1, 0.15) is 24.1 Å². The van der Waals surface area contributed by atoms with Gasteiger partial charge in [0.25, 0.3) is 5.56 Å². The normalized spacial score (nSPS) is 14.5. The van der Waals surface area contributed by atoms with Gasteiger partial charge in [0.2, 0.25) is 0 Å². The second kappa shape index (κ2) is 12.9. The molecule has 9 nitrogen and oxygen atoms in total. The lowest BCUT2D eigenvalue weighted by atomic mass is 9.90. The van der Waals surface area contributed by atoms with E-state index in [-0.39, 0.29) is 29.9 Å². The molecule has 0 unspecified atom stereocenters. The van der Waals surface area contributed by atoms with Crippen molar-refractivity contribution in [3.05, 3.63) is 138 Å². The van der Waals surface area contributed by atoms with Crippen molar-refractivity contribution in [2.75, 3.05) is 13.7 Å². The first kappa shape index (κ1) is 30.5. The van der Waals surface area contributed by atoms with Gasteiger partial charge in [0, 0.05) is 11.1 Å². The summed E-state index contributed by atoms with van der Waals surface area (Å²) >= 11 is 1.22. The number of ether oxygens (including phenoxy) is 3. The van der Waals surface area contributed by atoms with Crippen molar-refractivity contribution >= 4 is 40.1 Å². The summed E-state index contributed by atoms with van der Waals surface area (Å²) in [5.74, 6) is -0.464. The number of hydrogen-bond donors (Lipinski definition) is 1. The topological polar surface area (TPSA) is 116 Å². The largest absolute Gasteiger partial charge is 0.496 e. The minimum atomic E-state index is -0.995. The van der Waals surface area contributed by atoms with Gasteiger partial charge in [-0.3, -0.25) is 9.36 Å². The number of esters is 1. The molecule has 1 aliphatic heterocycles. The van der Waals surface area contributed by atoms with Crippen LogP contribution in [0.5, 0.6) is 11.5 Å².